The molecule has 0 aliphatic carbocycles. The van der Waals surface area contributed by atoms with Crippen molar-refractivity contribution in [2.75, 3.05) is 13.1 Å². The van der Waals surface area contributed by atoms with Gasteiger partial charge in [-0.2, -0.15) is 0 Å². The molecule has 2 aromatic heterocycles. The number of hydrogen-bond acceptors (Lipinski definition) is 3. The Labute approximate surface area is 228 Å². The van der Waals surface area contributed by atoms with Gasteiger partial charge in [-0.25, -0.2) is 4.39 Å². The van der Waals surface area contributed by atoms with Crippen molar-refractivity contribution in [3.63, 3.8) is 0 Å². The number of carbonyl (C=O) groups is 2. The predicted octanol–water partition coefficient (Wildman–Crippen LogP) is 6.60. The zero-order valence-electron chi connectivity index (χ0n) is 21.8. The third-order valence-corrected chi connectivity index (χ3v) is 7.35. The summed E-state index contributed by atoms with van der Waals surface area (Å²) in [7, 11) is 0. The lowest BCUT2D eigenvalue weighted by atomic mass is 10.2. The Morgan fingerprint density at radius 2 is 1.63 bits per heavy atom. The minimum atomic E-state index is -0.262. The van der Waals surface area contributed by atoms with E-state index in [0.29, 0.717) is 31.1 Å². The summed E-state index contributed by atoms with van der Waals surface area (Å²) in [5.41, 5.74) is 2.98. The van der Waals surface area contributed by atoms with Crippen molar-refractivity contribution in [2.45, 2.75) is 45.8 Å². The molecule has 0 unspecified atom stereocenters. The average Bonchev–Trinajstić information content (AvgIpc) is 3.62. The number of aromatic nitrogens is 1. The molecular weight excluding hydrogens is 497 g/mol. The lowest BCUT2D eigenvalue weighted by molar-refractivity contribution is -0.133. The van der Waals surface area contributed by atoms with Gasteiger partial charge in [-0.15, -0.1) is 11.3 Å². The monoisotopic (exact) mass is 531 g/mol. The molecule has 4 aromatic rings. The molecule has 0 radical (unpaired) electrons. The summed E-state index contributed by atoms with van der Waals surface area (Å²) >= 11 is 1.40. The molecule has 0 saturated heterocycles. The topological polar surface area (TPSA) is 45.6 Å². The van der Waals surface area contributed by atoms with Gasteiger partial charge >= 0.3 is 0 Å². The number of unbranched alkanes of at least 4 members (excludes halogenated alkanes) is 2. The maximum atomic E-state index is 13.8. The Balaban J connectivity index is 1.54. The molecule has 198 valence electrons. The molecule has 0 fully saturated rings. The van der Waals surface area contributed by atoms with Gasteiger partial charge in [0.1, 0.15) is 12.4 Å². The molecular formula is C31H34FN3O2S. The number of rotatable bonds is 13. The molecule has 2 amide bonds. The van der Waals surface area contributed by atoms with E-state index in [1.807, 2.05) is 71.1 Å². The number of benzene rings is 2. The molecule has 4 rings (SSSR count). The highest BCUT2D eigenvalue weighted by Crippen LogP contribution is 2.17. The normalized spacial score (nSPS) is 10.9. The zero-order chi connectivity index (χ0) is 26.7. The van der Waals surface area contributed by atoms with Gasteiger partial charge in [0, 0.05) is 31.5 Å². The molecule has 0 bridgehead atoms. The van der Waals surface area contributed by atoms with E-state index >= 15 is 0 Å². The van der Waals surface area contributed by atoms with Gasteiger partial charge < -0.3 is 14.4 Å². The molecule has 0 saturated carbocycles. The number of halogens is 1. The fourth-order valence-corrected chi connectivity index (χ4v) is 5.08. The third-order valence-electron chi connectivity index (χ3n) is 6.49. The number of amides is 2. The molecule has 0 aliphatic heterocycles. The molecule has 38 heavy (non-hydrogen) atoms. The molecule has 5 nitrogen and oxygen atoms in total. The minimum absolute atomic E-state index is 0.0337. The van der Waals surface area contributed by atoms with Crippen LogP contribution in [-0.4, -0.2) is 39.3 Å². The molecule has 2 aromatic carbocycles. The maximum absolute atomic E-state index is 13.8. The Morgan fingerprint density at radius 1 is 0.842 bits per heavy atom. The van der Waals surface area contributed by atoms with Gasteiger partial charge in [0.05, 0.1) is 11.4 Å². The van der Waals surface area contributed by atoms with Gasteiger partial charge in [-0.1, -0.05) is 68.3 Å². The van der Waals surface area contributed by atoms with Crippen molar-refractivity contribution < 1.29 is 14.0 Å². The second kappa shape index (κ2) is 13.7. The van der Waals surface area contributed by atoms with Crippen molar-refractivity contribution in [3.05, 3.63) is 118 Å². The van der Waals surface area contributed by atoms with Gasteiger partial charge in [0.2, 0.25) is 5.91 Å². The van der Waals surface area contributed by atoms with Gasteiger partial charge in [-0.05, 0) is 53.3 Å². The van der Waals surface area contributed by atoms with Crippen LogP contribution in [0.3, 0.4) is 0 Å². The van der Waals surface area contributed by atoms with Crippen LogP contribution in [0.4, 0.5) is 4.39 Å². The molecule has 0 atom stereocenters. The predicted molar refractivity (Wildman–Crippen MR) is 150 cm³/mol. The van der Waals surface area contributed by atoms with Crippen molar-refractivity contribution in [3.8, 4) is 0 Å². The number of nitrogens with zero attached hydrogens (tertiary/aromatic N) is 3. The van der Waals surface area contributed by atoms with Crippen molar-refractivity contribution in [2.24, 2.45) is 0 Å². The average molecular weight is 532 g/mol. The molecule has 0 spiro atoms. The Morgan fingerprint density at radius 3 is 2.34 bits per heavy atom. The first-order chi connectivity index (χ1) is 18.5. The summed E-state index contributed by atoms with van der Waals surface area (Å²) in [5, 5.41) is 1.89. The molecule has 0 aliphatic rings. The van der Waals surface area contributed by atoms with Crippen LogP contribution in [0.15, 0.2) is 90.4 Å². The standard InChI is InChI=1S/C31H34FN3O2S/c1-2-3-7-18-34(31(37)29-13-9-20-38-29)24-30(36)35(22-25-10-5-4-6-11-25)23-28-12-8-19-33(28)21-26-14-16-27(32)17-15-26/h4-6,8-17,19-20H,2-3,7,18,21-24H2,1H3. The van der Waals surface area contributed by atoms with Crippen LogP contribution in [0, 0.1) is 5.82 Å². The first kappa shape index (κ1) is 27.3. The van der Waals surface area contributed by atoms with Gasteiger partial charge in [0.15, 0.2) is 0 Å². The second-order valence-corrected chi connectivity index (χ2v) is 10.3. The summed E-state index contributed by atoms with van der Waals surface area (Å²) < 4.78 is 15.5. The smallest absolute Gasteiger partial charge is 0.264 e. The van der Waals surface area contributed by atoms with E-state index in [4.69, 9.17) is 0 Å². The summed E-state index contributed by atoms with van der Waals surface area (Å²) in [4.78, 5) is 31.2. The van der Waals surface area contributed by atoms with Crippen molar-refractivity contribution in [1.82, 2.24) is 14.4 Å². The van der Waals surface area contributed by atoms with E-state index in [2.05, 4.69) is 11.5 Å². The first-order valence-electron chi connectivity index (χ1n) is 13.1. The van der Waals surface area contributed by atoms with Crippen LogP contribution in [0.5, 0.6) is 0 Å². The largest absolute Gasteiger partial charge is 0.345 e. The maximum Gasteiger partial charge on any atom is 0.264 e. The van der Waals surface area contributed by atoms with Crippen LogP contribution < -0.4 is 0 Å². The van der Waals surface area contributed by atoms with Crippen LogP contribution >= 0.6 is 11.3 Å². The molecule has 0 N–H and O–H groups in total. The van der Waals surface area contributed by atoms with Crippen LogP contribution in [-0.2, 0) is 24.4 Å². The number of thiophene rings is 1. The van der Waals surface area contributed by atoms with Crippen molar-refractivity contribution >= 4 is 23.2 Å². The first-order valence-corrected chi connectivity index (χ1v) is 13.9. The van der Waals surface area contributed by atoms with Crippen LogP contribution in [0.25, 0.3) is 0 Å². The van der Waals surface area contributed by atoms with Gasteiger partial charge in [-0.3, -0.25) is 9.59 Å². The molecule has 7 heteroatoms. The lowest BCUT2D eigenvalue weighted by Gasteiger charge is -2.28. The fraction of sp³-hybridized carbons (Fsp3) is 0.290. The second-order valence-electron chi connectivity index (χ2n) is 9.40. The van der Waals surface area contributed by atoms with E-state index in [1.165, 1.54) is 23.5 Å². The Hall–Kier alpha value is -3.71. The summed E-state index contributed by atoms with van der Waals surface area (Å²) in [6.45, 7) is 4.13. The highest BCUT2D eigenvalue weighted by atomic mass is 32.1. The van der Waals surface area contributed by atoms with E-state index < -0.39 is 0 Å². The fourth-order valence-electron chi connectivity index (χ4n) is 4.39. The van der Waals surface area contributed by atoms with Gasteiger partial charge in [0.25, 0.3) is 5.91 Å². The van der Waals surface area contributed by atoms with Crippen molar-refractivity contribution in [1.29, 1.82) is 0 Å². The Bertz CT molecular complexity index is 1290. The Kier molecular flexibility index (Phi) is 9.87. The highest BCUT2D eigenvalue weighted by Gasteiger charge is 2.24. The molecule has 2 heterocycles. The van der Waals surface area contributed by atoms with Crippen LogP contribution in [0.2, 0.25) is 0 Å². The van der Waals surface area contributed by atoms with E-state index in [9.17, 15) is 14.0 Å². The van der Waals surface area contributed by atoms with E-state index in [1.54, 1.807) is 17.0 Å². The third kappa shape index (κ3) is 7.65. The zero-order valence-corrected chi connectivity index (χ0v) is 22.6. The van der Waals surface area contributed by atoms with Crippen LogP contribution in [0.1, 0.15) is 52.7 Å². The summed E-state index contributed by atoms with van der Waals surface area (Å²) in [5.74, 6) is -0.449. The SMILES string of the molecule is CCCCCN(CC(=O)N(Cc1ccccc1)Cc1cccn1Cc1ccc(F)cc1)C(=O)c1cccs1. The highest BCUT2D eigenvalue weighted by molar-refractivity contribution is 7.12. The summed E-state index contributed by atoms with van der Waals surface area (Å²) in [6.07, 6.45) is 4.88. The quantitative estimate of drug-likeness (QED) is 0.183. The number of carbonyl (C=O) groups excluding carboxylic acids is 2. The summed E-state index contributed by atoms with van der Waals surface area (Å²) in [6, 6.07) is 24.0. The van der Waals surface area contributed by atoms with E-state index in [-0.39, 0.29) is 24.2 Å². The minimum Gasteiger partial charge on any atom is -0.345 e. The lowest BCUT2D eigenvalue weighted by Crippen LogP contribution is -2.43. The number of hydrogen-bond donors (Lipinski definition) is 0. The van der Waals surface area contributed by atoms with E-state index in [0.717, 1.165) is 36.1 Å².